The van der Waals surface area contributed by atoms with Crippen LogP contribution in [-0.4, -0.2) is 33.7 Å². The minimum Gasteiger partial charge on any atom is -0.480 e. The highest BCUT2D eigenvalue weighted by Gasteiger charge is 2.40. The van der Waals surface area contributed by atoms with Crippen LogP contribution >= 0.6 is 11.8 Å². The van der Waals surface area contributed by atoms with E-state index in [1.165, 1.54) is 11.8 Å². The molecule has 1 heterocycles. The van der Waals surface area contributed by atoms with E-state index in [9.17, 15) is 19.5 Å². The van der Waals surface area contributed by atoms with Crippen LogP contribution in [0.3, 0.4) is 0 Å². The monoisotopic (exact) mass is 362 g/mol. The molecule has 1 aliphatic carbocycles. The summed E-state index contributed by atoms with van der Waals surface area (Å²) in [6, 6.07) is 5.09. The number of carbonyl (C=O) groups excluding carboxylic acids is 2. The number of amides is 2. The highest BCUT2D eigenvalue weighted by molar-refractivity contribution is 8.00. The van der Waals surface area contributed by atoms with Crippen molar-refractivity contribution >= 4 is 35.2 Å². The molecule has 1 aliphatic heterocycles. The van der Waals surface area contributed by atoms with E-state index >= 15 is 0 Å². The van der Waals surface area contributed by atoms with Crippen molar-refractivity contribution in [2.24, 2.45) is 0 Å². The van der Waals surface area contributed by atoms with Crippen LogP contribution < -0.4 is 10.6 Å². The van der Waals surface area contributed by atoms with Crippen LogP contribution in [0.1, 0.15) is 55.8 Å². The van der Waals surface area contributed by atoms with Gasteiger partial charge < -0.3 is 15.7 Å². The molecule has 0 saturated heterocycles. The summed E-state index contributed by atoms with van der Waals surface area (Å²) in [7, 11) is 0. The first-order chi connectivity index (χ1) is 11.9. The molecule has 0 spiro atoms. The molecule has 2 amide bonds. The maximum atomic E-state index is 12.7. The van der Waals surface area contributed by atoms with Crippen LogP contribution in [0.4, 0.5) is 5.69 Å². The summed E-state index contributed by atoms with van der Waals surface area (Å²) >= 11 is 1.45. The van der Waals surface area contributed by atoms with Crippen molar-refractivity contribution in [3.05, 3.63) is 23.8 Å². The second kappa shape index (κ2) is 7.07. The van der Waals surface area contributed by atoms with Gasteiger partial charge in [-0.1, -0.05) is 25.7 Å². The van der Waals surface area contributed by atoms with E-state index in [1.54, 1.807) is 18.2 Å². The number of nitrogens with one attached hydrogen (secondary N) is 2. The number of fused-ring (bicyclic) bond motifs is 1. The van der Waals surface area contributed by atoms with Gasteiger partial charge in [0.25, 0.3) is 5.91 Å². The highest BCUT2D eigenvalue weighted by Crippen LogP contribution is 2.36. The van der Waals surface area contributed by atoms with Crippen molar-refractivity contribution in [2.45, 2.75) is 61.1 Å². The van der Waals surface area contributed by atoms with Gasteiger partial charge in [-0.15, -0.1) is 11.8 Å². The quantitative estimate of drug-likeness (QED) is 0.719. The molecule has 7 heteroatoms. The first-order valence-corrected chi connectivity index (χ1v) is 9.47. The van der Waals surface area contributed by atoms with Crippen molar-refractivity contribution < 1.29 is 19.5 Å². The largest absolute Gasteiger partial charge is 0.480 e. The highest BCUT2D eigenvalue weighted by atomic mass is 32.2. The Labute approximate surface area is 150 Å². The van der Waals surface area contributed by atoms with E-state index < -0.39 is 17.4 Å². The summed E-state index contributed by atoms with van der Waals surface area (Å²) in [6.07, 6.45) is 4.46. The maximum Gasteiger partial charge on any atom is 0.329 e. The van der Waals surface area contributed by atoms with Crippen LogP contribution in [0.25, 0.3) is 0 Å². The van der Waals surface area contributed by atoms with Crippen molar-refractivity contribution in [3.63, 3.8) is 0 Å². The first-order valence-electron chi connectivity index (χ1n) is 8.59. The van der Waals surface area contributed by atoms with Crippen LogP contribution in [0, 0.1) is 0 Å². The maximum absolute atomic E-state index is 12.7. The third kappa shape index (κ3) is 3.66. The number of aliphatic carboxylic acids is 1. The molecule has 0 radical (unpaired) electrons. The Morgan fingerprint density at radius 2 is 1.92 bits per heavy atom. The molecule has 1 aromatic rings. The van der Waals surface area contributed by atoms with Crippen molar-refractivity contribution in [2.75, 3.05) is 5.32 Å². The van der Waals surface area contributed by atoms with E-state index in [-0.39, 0.29) is 11.2 Å². The van der Waals surface area contributed by atoms with Gasteiger partial charge in [0.15, 0.2) is 0 Å². The van der Waals surface area contributed by atoms with Gasteiger partial charge in [0.05, 0.1) is 10.9 Å². The van der Waals surface area contributed by atoms with Gasteiger partial charge in [-0.2, -0.15) is 0 Å². The number of hydrogen-bond acceptors (Lipinski definition) is 4. The molecule has 0 bridgehead atoms. The second-order valence-electron chi connectivity index (χ2n) is 6.72. The summed E-state index contributed by atoms with van der Waals surface area (Å²) in [4.78, 5) is 37.2. The summed E-state index contributed by atoms with van der Waals surface area (Å²) in [5.41, 5.74) is -0.235. The summed E-state index contributed by atoms with van der Waals surface area (Å²) in [5, 5.41) is 15.1. The summed E-state index contributed by atoms with van der Waals surface area (Å²) in [6.45, 7) is 1.83. The van der Waals surface area contributed by atoms with Crippen LogP contribution in [0.5, 0.6) is 0 Å². The average molecular weight is 362 g/mol. The average Bonchev–Trinajstić information content (AvgIpc) is 2.82. The van der Waals surface area contributed by atoms with Gasteiger partial charge in [-0.25, -0.2) is 4.79 Å². The normalized spacial score (nSPS) is 22.3. The number of carboxylic acids is 1. The van der Waals surface area contributed by atoms with Crippen LogP contribution in [-0.2, 0) is 9.59 Å². The topological polar surface area (TPSA) is 95.5 Å². The van der Waals surface area contributed by atoms with Crippen molar-refractivity contribution in [3.8, 4) is 0 Å². The molecule has 1 saturated carbocycles. The summed E-state index contributed by atoms with van der Waals surface area (Å²) < 4.78 is 0. The third-order valence-electron chi connectivity index (χ3n) is 4.89. The number of benzene rings is 1. The fourth-order valence-corrected chi connectivity index (χ4v) is 4.29. The first kappa shape index (κ1) is 17.8. The zero-order valence-electron chi connectivity index (χ0n) is 14.1. The summed E-state index contributed by atoms with van der Waals surface area (Å²) in [5.74, 6) is -1.48. The molecule has 1 atom stereocenters. The van der Waals surface area contributed by atoms with E-state index in [0.717, 1.165) is 30.6 Å². The minimum atomic E-state index is -1.20. The molecule has 3 N–H and O–H groups in total. The van der Waals surface area contributed by atoms with Gasteiger partial charge in [0.1, 0.15) is 5.54 Å². The number of carboxylic acid groups (broad SMARTS) is 1. The smallest absolute Gasteiger partial charge is 0.329 e. The Kier molecular flexibility index (Phi) is 5.03. The molecular weight excluding hydrogens is 340 g/mol. The Balaban J connectivity index is 1.82. The van der Waals surface area contributed by atoms with Gasteiger partial charge >= 0.3 is 5.97 Å². The predicted molar refractivity (Wildman–Crippen MR) is 95.9 cm³/mol. The molecule has 2 aliphatic rings. The van der Waals surface area contributed by atoms with Crippen molar-refractivity contribution in [1.82, 2.24) is 5.32 Å². The molecule has 6 nitrogen and oxygen atoms in total. The van der Waals surface area contributed by atoms with Crippen molar-refractivity contribution in [1.29, 1.82) is 0 Å². The van der Waals surface area contributed by atoms with Gasteiger partial charge in [0, 0.05) is 10.5 Å². The SMILES string of the molecule is CC1Sc2ccc(C(=O)NC3(C(=O)O)CCCCCC3)cc2NC1=O. The molecule has 134 valence electrons. The molecule has 25 heavy (non-hydrogen) atoms. The number of rotatable bonds is 3. The molecular formula is C18H22N2O4S. The second-order valence-corrected chi connectivity index (χ2v) is 8.10. The zero-order chi connectivity index (χ0) is 18.0. The lowest BCUT2D eigenvalue weighted by molar-refractivity contribution is -0.145. The lowest BCUT2D eigenvalue weighted by Crippen LogP contribution is -2.54. The lowest BCUT2D eigenvalue weighted by Gasteiger charge is -2.29. The fourth-order valence-electron chi connectivity index (χ4n) is 3.36. The van der Waals surface area contributed by atoms with Gasteiger partial charge in [-0.3, -0.25) is 9.59 Å². The molecule has 1 aromatic carbocycles. The van der Waals surface area contributed by atoms with E-state index in [0.29, 0.717) is 24.1 Å². The number of carbonyl (C=O) groups is 3. The fraction of sp³-hybridized carbons (Fsp3) is 0.500. The van der Waals surface area contributed by atoms with E-state index in [4.69, 9.17) is 0 Å². The Morgan fingerprint density at radius 3 is 2.56 bits per heavy atom. The van der Waals surface area contributed by atoms with Crippen LogP contribution in [0.2, 0.25) is 0 Å². The zero-order valence-corrected chi connectivity index (χ0v) is 14.9. The lowest BCUT2D eigenvalue weighted by atomic mass is 9.90. The predicted octanol–water partition coefficient (Wildman–Crippen LogP) is 3.03. The standard InChI is InChI=1S/C18H22N2O4S/c1-11-15(21)19-13-10-12(6-7-14(13)25-11)16(22)20-18(17(23)24)8-4-2-3-5-9-18/h6-7,10-11H,2-5,8-9H2,1H3,(H,19,21)(H,20,22)(H,23,24). The Bertz CT molecular complexity index is 711. The minimum absolute atomic E-state index is 0.0965. The van der Waals surface area contributed by atoms with Gasteiger partial charge in [0.2, 0.25) is 5.91 Å². The molecule has 1 unspecified atom stereocenters. The number of anilines is 1. The number of thioether (sulfide) groups is 1. The molecule has 1 fully saturated rings. The van der Waals surface area contributed by atoms with E-state index in [1.807, 2.05) is 6.92 Å². The van der Waals surface area contributed by atoms with Gasteiger partial charge in [-0.05, 0) is 38.0 Å². The molecule has 3 rings (SSSR count). The number of hydrogen-bond donors (Lipinski definition) is 3. The van der Waals surface area contributed by atoms with E-state index in [2.05, 4.69) is 10.6 Å². The Hall–Kier alpha value is -2.02. The Morgan fingerprint density at radius 1 is 1.24 bits per heavy atom. The van der Waals surface area contributed by atoms with Crippen LogP contribution in [0.15, 0.2) is 23.1 Å². The third-order valence-corrected chi connectivity index (χ3v) is 6.07. The molecule has 0 aromatic heterocycles.